The molecule has 0 radical (unpaired) electrons. The number of imidazole rings is 1. The first-order chi connectivity index (χ1) is 13.6. The Hall–Kier alpha value is -2.46. The molecule has 156 valence electrons. The summed E-state index contributed by atoms with van der Waals surface area (Å²) in [4.78, 5) is 6.68. The molecule has 29 heavy (non-hydrogen) atoms. The molecule has 9 nitrogen and oxygen atoms in total. The first-order valence-electron chi connectivity index (χ1n) is 9.55. The van der Waals surface area contributed by atoms with Crippen molar-refractivity contribution in [1.29, 1.82) is 0 Å². The second-order valence-corrected chi connectivity index (χ2v) is 10.7. The zero-order valence-corrected chi connectivity index (χ0v) is 18.1. The summed E-state index contributed by atoms with van der Waals surface area (Å²) in [5.74, 6) is 1.30. The van der Waals surface area contributed by atoms with Crippen LogP contribution in [0.4, 0.5) is 5.82 Å². The third kappa shape index (κ3) is 3.29. The van der Waals surface area contributed by atoms with Crippen LogP contribution in [0.5, 0.6) is 0 Å². The van der Waals surface area contributed by atoms with Crippen LogP contribution in [0.25, 0.3) is 17.0 Å². The maximum absolute atomic E-state index is 12.6. The molecule has 0 saturated carbocycles. The van der Waals surface area contributed by atoms with Crippen molar-refractivity contribution in [3.8, 4) is 11.5 Å². The minimum absolute atomic E-state index is 0.129. The van der Waals surface area contributed by atoms with Crippen molar-refractivity contribution in [1.82, 2.24) is 24.8 Å². The molecule has 3 aromatic rings. The van der Waals surface area contributed by atoms with Crippen molar-refractivity contribution in [2.24, 2.45) is 0 Å². The van der Waals surface area contributed by atoms with Crippen LogP contribution in [0.15, 0.2) is 18.3 Å². The van der Waals surface area contributed by atoms with Gasteiger partial charge in [-0.05, 0) is 39.8 Å². The number of rotatable bonds is 4. The van der Waals surface area contributed by atoms with E-state index in [0.717, 1.165) is 11.4 Å². The Morgan fingerprint density at radius 2 is 2.07 bits per heavy atom. The number of hydrogen-bond acceptors (Lipinski definition) is 7. The number of aryl methyl sites for hydroxylation is 1. The van der Waals surface area contributed by atoms with Crippen LogP contribution in [0.2, 0.25) is 0 Å². The van der Waals surface area contributed by atoms with Gasteiger partial charge in [0.25, 0.3) is 0 Å². The van der Waals surface area contributed by atoms with Crippen molar-refractivity contribution in [3.05, 3.63) is 29.6 Å². The summed E-state index contributed by atoms with van der Waals surface area (Å²) in [6, 6.07) is 3.90. The zero-order chi connectivity index (χ0) is 21.0. The number of fused-ring (bicyclic) bond motifs is 1. The Kier molecular flexibility index (Phi) is 4.66. The van der Waals surface area contributed by atoms with Gasteiger partial charge in [0.2, 0.25) is 0 Å². The maximum Gasteiger partial charge on any atom is 0.179 e. The van der Waals surface area contributed by atoms with Crippen LogP contribution in [-0.2, 0) is 19.3 Å². The minimum Gasteiger partial charge on any atom is -0.377 e. The van der Waals surface area contributed by atoms with E-state index >= 15 is 0 Å². The molecule has 0 bridgehead atoms. The fourth-order valence-corrected chi connectivity index (χ4v) is 4.14. The SMILES string of the molecule is Cc1cc(-c2ncc3c(C(C)(C)S(C)(=O)=O)cc(N4CCOCC4C)nn23)[nH]n1. The van der Waals surface area contributed by atoms with Crippen LogP contribution >= 0.6 is 0 Å². The van der Waals surface area contributed by atoms with Gasteiger partial charge < -0.3 is 9.64 Å². The zero-order valence-electron chi connectivity index (χ0n) is 17.3. The Labute approximate surface area is 170 Å². The normalized spacial score (nSPS) is 18.5. The molecule has 1 aliphatic heterocycles. The number of hydrogen-bond donors (Lipinski definition) is 1. The van der Waals surface area contributed by atoms with Gasteiger partial charge in [0.1, 0.15) is 11.5 Å². The second kappa shape index (κ2) is 6.81. The number of aromatic amines is 1. The van der Waals surface area contributed by atoms with Crippen LogP contribution in [0.3, 0.4) is 0 Å². The lowest BCUT2D eigenvalue weighted by atomic mass is 10.0. The fraction of sp³-hybridized carbons (Fsp3) is 0.526. The standard InChI is InChI=1S/C19H26N6O3S/c1-12-8-15(22-21-12)18-20-10-16-14(19(3,4)29(5,26)27)9-17(23-25(16)18)24-6-7-28-11-13(24)2/h8-10,13H,6-7,11H2,1-5H3,(H,21,22). The number of H-pyrrole nitrogens is 1. The number of nitrogens with zero attached hydrogens (tertiary/aromatic N) is 5. The van der Waals surface area contributed by atoms with Gasteiger partial charge in [0, 0.05) is 18.4 Å². The van der Waals surface area contributed by atoms with Gasteiger partial charge in [-0.2, -0.15) is 5.10 Å². The summed E-state index contributed by atoms with van der Waals surface area (Å²) in [6.07, 6.45) is 2.93. The third-order valence-electron chi connectivity index (χ3n) is 5.67. The van der Waals surface area contributed by atoms with Crippen LogP contribution in [0, 0.1) is 6.92 Å². The van der Waals surface area contributed by atoms with Crippen molar-refractivity contribution in [2.75, 3.05) is 30.9 Å². The summed E-state index contributed by atoms with van der Waals surface area (Å²) in [7, 11) is -3.39. The lowest BCUT2D eigenvalue weighted by Crippen LogP contribution is -2.44. The average molecular weight is 419 g/mol. The predicted molar refractivity (Wildman–Crippen MR) is 111 cm³/mol. The highest BCUT2D eigenvalue weighted by molar-refractivity contribution is 7.91. The Morgan fingerprint density at radius 3 is 2.69 bits per heavy atom. The molecule has 0 aromatic carbocycles. The Balaban J connectivity index is 1.99. The van der Waals surface area contributed by atoms with E-state index in [-0.39, 0.29) is 6.04 Å². The van der Waals surface area contributed by atoms with E-state index in [2.05, 4.69) is 27.0 Å². The predicted octanol–water partition coefficient (Wildman–Crippen LogP) is 1.93. The van der Waals surface area contributed by atoms with E-state index in [1.165, 1.54) is 6.26 Å². The minimum atomic E-state index is -3.39. The Bertz CT molecular complexity index is 1160. The summed E-state index contributed by atoms with van der Waals surface area (Å²) >= 11 is 0. The van der Waals surface area contributed by atoms with Crippen molar-refractivity contribution >= 4 is 21.2 Å². The van der Waals surface area contributed by atoms with Gasteiger partial charge in [-0.1, -0.05) is 0 Å². The monoisotopic (exact) mass is 418 g/mol. The quantitative estimate of drug-likeness (QED) is 0.690. The largest absolute Gasteiger partial charge is 0.377 e. The first kappa shape index (κ1) is 19.8. The van der Waals surface area contributed by atoms with E-state index < -0.39 is 14.6 Å². The number of nitrogens with one attached hydrogen (secondary N) is 1. The summed E-state index contributed by atoms with van der Waals surface area (Å²) in [5, 5.41) is 12.0. The van der Waals surface area contributed by atoms with Crippen molar-refractivity contribution < 1.29 is 13.2 Å². The Morgan fingerprint density at radius 1 is 1.31 bits per heavy atom. The number of ether oxygens (including phenoxy) is 1. The van der Waals surface area contributed by atoms with Gasteiger partial charge in [0.15, 0.2) is 15.7 Å². The molecule has 10 heteroatoms. The molecule has 3 aromatic heterocycles. The van der Waals surface area contributed by atoms with Gasteiger partial charge in [-0.3, -0.25) is 5.10 Å². The molecule has 0 amide bonds. The molecule has 1 aliphatic rings. The van der Waals surface area contributed by atoms with Crippen LogP contribution in [-0.4, -0.2) is 65.3 Å². The highest BCUT2D eigenvalue weighted by atomic mass is 32.2. The lowest BCUT2D eigenvalue weighted by molar-refractivity contribution is 0.0984. The van der Waals surface area contributed by atoms with Crippen molar-refractivity contribution in [2.45, 2.75) is 38.5 Å². The fourth-order valence-electron chi connectivity index (χ4n) is 3.57. The number of morpholine rings is 1. The van der Waals surface area contributed by atoms with Crippen LogP contribution in [0.1, 0.15) is 32.0 Å². The molecule has 1 fully saturated rings. The molecular formula is C19H26N6O3S. The average Bonchev–Trinajstić information content (AvgIpc) is 3.26. The van der Waals surface area contributed by atoms with Gasteiger partial charge in [0.05, 0.1) is 41.4 Å². The molecule has 1 N–H and O–H groups in total. The van der Waals surface area contributed by atoms with E-state index in [1.54, 1.807) is 24.6 Å². The van der Waals surface area contributed by atoms with Gasteiger partial charge >= 0.3 is 0 Å². The second-order valence-electron chi connectivity index (χ2n) is 8.12. The third-order valence-corrected chi connectivity index (χ3v) is 7.75. The van der Waals surface area contributed by atoms with E-state index in [0.29, 0.717) is 42.5 Å². The number of aromatic nitrogens is 5. The highest BCUT2D eigenvalue weighted by Crippen LogP contribution is 2.35. The van der Waals surface area contributed by atoms with E-state index in [9.17, 15) is 8.42 Å². The lowest BCUT2D eigenvalue weighted by Gasteiger charge is -2.35. The number of sulfone groups is 1. The molecular weight excluding hydrogens is 392 g/mol. The molecule has 0 spiro atoms. The maximum atomic E-state index is 12.6. The summed E-state index contributed by atoms with van der Waals surface area (Å²) in [5.41, 5.74) is 2.89. The summed E-state index contributed by atoms with van der Waals surface area (Å²) < 4.78 is 31.4. The van der Waals surface area contributed by atoms with Crippen molar-refractivity contribution in [3.63, 3.8) is 0 Å². The van der Waals surface area contributed by atoms with Gasteiger partial charge in [-0.25, -0.2) is 17.9 Å². The van der Waals surface area contributed by atoms with E-state index in [4.69, 9.17) is 9.84 Å². The number of anilines is 1. The topological polar surface area (TPSA) is 105 Å². The molecule has 1 atom stereocenters. The molecule has 4 heterocycles. The molecule has 4 rings (SSSR count). The highest BCUT2D eigenvalue weighted by Gasteiger charge is 2.36. The molecule has 0 aliphatic carbocycles. The van der Waals surface area contributed by atoms with Crippen LogP contribution < -0.4 is 4.90 Å². The smallest absolute Gasteiger partial charge is 0.179 e. The molecule has 1 unspecified atom stereocenters. The van der Waals surface area contributed by atoms with E-state index in [1.807, 2.05) is 19.1 Å². The summed E-state index contributed by atoms with van der Waals surface area (Å²) in [6.45, 7) is 9.29. The molecule has 1 saturated heterocycles. The first-order valence-corrected chi connectivity index (χ1v) is 11.4. The van der Waals surface area contributed by atoms with Gasteiger partial charge in [-0.15, -0.1) is 5.10 Å².